The van der Waals surface area contributed by atoms with Gasteiger partial charge in [-0.05, 0) is 70.0 Å². The molecule has 1 saturated heterocycles. The van der Waals surface area contributed by atoms with Gasteiger partial charge in [0.15, 0.2) is 0 Å². The van der Waals surface area contributed by atoms with E-state index in [1.165, 1.54) is 54.0 Å². The van der Waals surface area contributed by atoms with Crippen LogP contribution in [0.15, 0.2) is 49.1 Å². The molecule has 0 radical (unpaired) electrons. The number of pyridine rings is 1. The van der Waals surface area contributed by atoms with Gasteiger partial charge in [-0.15, -0.1) is 0 Å². The van der Waals surface area contributed by atoms with Crippen LogP contribution < -0.4 is 4.57 Å². The molecule has 0 N–H and O–H groups in total. The predicted octanol–water partition coefficient (Wildman–Crippen LogP) is 3.73. The standard InChI is InChI=1S/C23H29N4/c1-18-13-19(2)23(20(3)14-18)27-12-11-26(17-27)16-22-8-6-7-21(24-22)15-25-9-4-5-10-25/h6-8,11-14,17H,4-5,9-10,15-16H2,1-3H3/q+1. The van der Waals surface area contributed by atoms with Crippen molar-refractivity contribution in [3.05, 3.63) is 77.1 Å². The van der Waals surface area contributed by atoms with Gasteiger partial charge < -0.3 is 0 Å². The van der Waals surface area contributed by atoms with Gasteiger partial charge in [-0.2, -0.15) is 0 Å². The summed E-state index contributed by atoms with van der Waals surface area (Å²) in [6.45, 7) is 10.7. The third-order valence-electron chi connectivity index (χ3n) is 5.38. The average Bonchev–Trinajstić information content (AvgIpc) is 3.27. The van der Waals surface area contributed by atoms with Gasteiger partial charge in [0.05, 0.1) is 11.4 Å². The molecule has 0 aliphatic carbocycles. The fraction of sp³-hybridized carbons (Fsp3) is 0.391. The molecule has 4 nitrogen and oxygen atoms in total. The first-order chi connectivity index (χ1) is 13.1. The first-order valence-electron chi connectivity index (χ1n) is 9.91. The van der Waals surface area contributed by atoms with Gasteiger partial charge in [0.1, 0.15) is 24.6 Å². The largest absolute Gasteiger partial charge is 0.298 e. The van der Waals surface area contributed by atoms with E-state index in [4.69, 9.17) is 4.98 Å². The number of likely N-dealkylation sites (tertiary alicyclic amines) is 1. The van der Waals surface area contributed by atoms with Gasteiger partial charge in [0.25, 0.3) is 0 Å². The quantitative estimate of drug-likeness (QED) is 0.647. The van der Waals surface area contributed by atoms with E-state index in [2.05, 4.69) is 83.9 Å². The minimum absolute atomic E-state index is 0.796. The Morgan fingerprint density at radius 3 is 2.44 bits per heavy atom. The number of hydrogen-bond donors (Lipinski definition) is 0. The molecular formula is C23H29N4+. The van der Waals surface area contributed by atoms with Gasteiger partial charge in [-0.3, -0.25) is 9.88 Å². The first kappa shape index (κ1) is 17.9. The van der Waals surface area contributed by atoms with Crippen LogP contribution in [0.25, 0.3) is 5.69 Å². The van der Waals surface area contributed by atoms with E-state index in [1.807, 2.05) is 0 Å². The number of aryl methyl sites for hydroxylation is 3. The fourth-order valence-electron chi connectivity index (χ4n) is 4.26. The number of hydrogen-bond acceptors (Lipinski definition) is 2. The molecule has 0 unspecified atom stereocenters. The fourth-order valence-corrected chi connectivity index (χ4v) is 4.26. The molecule has 0 bridgehead atoms. The maximum absolute atomic E-state index is 4.89. The summed E-state index contributed by atoms with van der Waals surface area (Å²) in [6, 6.07) is 10.9. The summed E-state index contributed by atoms with van der Waals surface area (Å²) in [5.41, 5.74) is 7.50. The van der Waals surface area contributed by atoms with Crippen LogP contribution in [0.3, 0.4) is 0 Å². The van der Waals surface area contributed by atoms with E-state index in [0.29, 0.717) is 0 Å². The summed E-state index contributed by atoms with van der Waals surface area (Å²) in [5, 5.41) is 0. The van der Waals surface area contributed by atoms with Crippen molar-refractivity contribution in [2.75, 3.05) is 13.1 Å². The second kappa shape index (κ2) is 7.65. The molecule has 0 atom stereocenters. The molecule has 140 valence electrons. The van der Waals surface area contributed by atoms with Gasteiger partial charge in [0, 0.05) is 6.54 Å². The van der Waals surface area contributed by atoms with Gasteiger partial charge in [-0.25, -0.2) is 9.13 Å². The van der Waals surface area contributed by atoms with Crippen molar-refractivity contribution in [1.29, 1.82) is 0 Å². The second-order valence-corrected chi connectivity index (χ2v) is 7.84. The van der Waals surface area contributed by atoms with E-state index in [-0.39, 0.29) is 0 Å². The Labute approximate surface area is 162 Å². The Kier molecular flexibility index (Phi) is 5.08. The number of aromatic nitrogens is 3. The van der Waals surface area contributed by atoms with E-state index in [0.717, 1.165) is 18.8 Å². The predicted molar refractivity (Wildman–Crippen MR) is 108 cm³/mol. The Balaban J connectivity index is 1.51. The molecule has 1 aliphatic rings. The topological polar surface area (TPSA) is 24.9 Å². The molecule has 4 heteroatoms. The number of imidazole rings is 1. The van der Waals surface area contributed by atoms with Crippen LogP contribution >= 0.6 is 0 Å². The minimum atomic E-state index is 0.796. The molecule has 1 fully saturated rings. The zero-order valence-electron chi connectivity index (χ0n) is 16.7. The van der Waals surface area contributed by atoms with E-state index in [1.54, 1.807) is 0 Å². The second-order valence-electron chi connectivity index (χ2n) is 7.84. The van der Waals surface area contributed by atoms with Crippen LogP contribution in [-0.2, 0) is 13.1 Å². The highest BCUT2D eigenvalue weighted by Crippen LogP contribution is 2.20. The smallest absolute Gasteiger partial charge is 0.249 e. The highest BCUT2D eigenvalue weighted by Gasteiger charge is 2.15. The normalized spacial score (nSPS) is 14.8. The number of nitrogens with zero attached hydrogens (tertiary/aromatic N) is 4. The zero-order chi connectivity index (χ0) is 18.8. The van der Waals surface area contributed by atoms with Crippen molar-refractivity contribution in [2.45, 2.75) is 46.7 Å². The minimum Gasteiger partial charge on any atom is -0.298 e. The molecule has 3 aromatic rings. The summed E-state index contributed by atoms with van der Waals surface area (Å²) in [7, 11) is 0. The molecular weight excluding hydrogens is 332 g/mol. The molecule has 0 saturated carbocycles. The average molecular weight is 362 g/mol. The SMILES string of the molecule is Cc1cc(C)c(-n2cc[n+](Cc3cccc(CN4CCCC4)n3)c2)c(C)c1. The highest BCUT2D eigenvalue weighted by atomic mass is 15.1. The lowest BCUT2D eigenvalue weighted by molar-refractivity contribution is -0.688. The lowest BCUT2D eigenvalue weighted by Crippen LogP contribution is -2.32. The lowest BCUT2D eigenvalue weighted by atomic mass is 10.1. The van der Waals surface area contributed by atoms with Crippen LogP contribution in [0.2, 0.25) is 0 Å². The third-order valence-corrected chi connectivity index (χ3v) is 5.38. The Morgan fingerprint density at radius 1 is 1.00 bits per heavy atom. The monoisotopic (exact) mass is 361 g/mol. The van der Waals surface area contributed by atoms with Crippen LogP contribution in [-0.4, -0.2) is 27.5 Å². The number of rotatable bonds is 5. The highest BCUT2D eigenvalue weighted by molar-refractivity contribution is 5.48. The van der Waals surface area contributed by atoms with Crippen molar-refractivity contribution in [1.82, 2.24) is 14.5 Å². The Morgan fingerprint density at radius 2 is 1.70 bits per heavy atom. The molecule has 3 heterocycles. The molecule has 27 heavy (non-hydrogen) atoms. The lowest BCUT2D eigenvalue weighted by Gasteiger charge is -2.14. The van der Waals surface area contributed by atoms with Crippen molar-refractivity contribution >= 4 is 0 Å². The Bertz CT molecular complexity index is 912. The maximum Gasteiger partial charge on any atom is 0.249 e. The van der Waals surface area contributed by atoms with Gasteiger partial charge >= 0.3 is 0 Å². The van der Waals surface area contributed by atoms with Gasteiger partial charge in [0.2, 0.25) is 6.33 Å². The third kappa shape index (κ3) is 4.11. The van der Waals surface area contributed by atoms with Crippen molar-refractivity contribution in [3.63, 3.8) is 0 Å². The first-order valence-corrected chi connectivity index (χ1v) is 9.91. The van der Waals surface area contributed by atoms with E-state index < -0.39 is 0 Å². The molecule has 1 aliphatic heterocycles. The van der Waals surface area contributed by atoms with Crippen LogP contribution in [0.5, 0.6) is 0 Å². The molecule has 0 amide bonds. The van der Waals surface area contributed by atoms with E-state index >= 15 is 0 Å². The van der Waals surface area contributed by atoms with Crippen molar-refractivity contribution in [3.8, 4) is 5.69 Å². The summed E-state index contributed by atoms with van der Waals surface area (Å²) in [4.78, 5) is 7.39. The van der Waals surface area contributed by atoms with Crippen LogP contribution in [0.4, 0.5) is 0 Å². The summed E-state index contributed by atoms with van der Waals surface area (Å²) >= 11 is 0. The van der Waals surface area contributed by atoms with Gasteiger partial charge in [-0.1, -0.05) is 23.8 Å². The molecule has 2 aromatic heterocycles. The zero-order valence-corrected chi connectivity index (χ0v) is 16.7. The molecule has 1 aromatic carbocycles. The van der Waals surface area contributed by atoms with Crippen molar-refractivity contribution in [2.24, 2.45) is 0 Å². The molecule has 4 rings (SSSR count). The Hall–Kier alpha value is -2.46. The van der Waals surface area contributed by atoms with Crippen LogP contribution in [0.1, 0.15) is 40.9 Å². The van der Waals surface area contributed by atoms with Crippen LogP contribution in [0, 0.1) is 20.8 Å². The maximum atomic E-state index is 4.89. The molecule has 0 spiro atoms. The summed E-state index contributed by atoms with van der Waals surface area (Å²) < 4.78 is 4.43. The van der Waals surface area contributed by atoms with Crippen molar-refractivity contribution < 1.29 is 4.57 Å². The summed E-state index contributed by atoms with van der Waals surface area (Å²) in [5.74, 6) is 0. The number of benzene rings is 1. The van der Waals surface area contributed by atoms with E-state index in [9.17, 15) is 0 Å². The summed E-state index contributed by atoms with van der Waals surface area (Å²) in [6.07, 6.45) is 9.08.